The molecule has 23 heavy (non-hydrogen) atoms. The molecular formula is C16H18N4O3. The Labute approximate surface area is 132 Å². The van der Waals surface area contributed by atoms with E-state index in [9.17, 15) is 4.79 Å². The number of benzene rings is 1. The van der Waals surface area contributed by atoms with Crippen LogP contribution in [0.4, 0.5) is 0 Å². The molecule has 0 spiro atoms. The molecule has 0 saturated carbocycles. The zero-order chi connectivity index (χ0) is 16.4. The van der Waals surface area contributed by atoms with Crippen LogP contribution in [0.25, 0.3) is 11.0 Å². The Morgan fingerprint density at radius 3 is 2.91 bits per heavy atom. The minimum Gasteiger partial charge on any atom is -0.485 e. The summed E-state index contributed by atoms with van der Waals surface area (Å²) in [7, 11) is 0. The third-order valence-electron chi connectivity index (χ3n) is 3.72. The summed E-state index contributed by atoms with van der Waals surface area (Å²) in [6, 6.07) is 5.25. The predicted octanol–water partition coefficient (Wildman–Crippen LogP) is 2.39. The molecule has 0 radical (unpaired) electrons. The zero-order valence-electron chi connectivity index (χ0n) is 13.4. The lowest BCUT2D eigenvalue weighted by molar-refractivity contribution is 0.284. The lowest BCUT2D eigenvalue weighted by atomic mass is 10.1. The molecule has 0 aliphatic heterocycles. The van der Waals surface area contributed by atoms with Crippen LogP contribution in [0.15, 0.2) is 27.4 Å². The van der Waals surface area contributed by atoms with Crippen LogP contribution in [0.2, 0.25) is 0 Å². The van der Waals surface area contributed by atoms with Gasteiger partial charge in [-0.25, -0.2) is 9.48 Å². The Morgan fingerprint density at radius 2 is 2.13 bits per heavy atom. The quantitative estimate of drug-likeness (QED) is 0.672. The first-order chi connectivity index (χ1) is 11.1. The Hall–Kier alpha value is -2.70. The molecule has 2 aromatic heterocycles. The van der Waals surface area contributed by atoms with Gasteiger partial charge in [0.25, 0.3) is 0 Å². The van der Waals surface area contributed by atoms with Gasteiger partial charge in [0, 0.05) is 23.6 Å². The van der Waals surface area contributed by atoms with Crippen LogP contribution in [0.1, 0.15) is 30.3 Å². The number of rotatable bonds is 5. The Bertz CT molecular complexity index is 898. The van der Waals surface area contributed by atoms with Crippen molar-refractivity contribution >= 4 is 11.0 Å². The van der Waals surface area contributed by atoms with E-state index in [0.717, 1.165) is 29.5 Å². The first-order valence-electron chi connectivity index (χ1n) is 7.52. The van der Waals surface area contributed by atoms with Crippen LogP contribution in [0.3, 0.4) is 0 Å². The summed E-state index contributed by atoms with van der Waals surface area (Å²) in [4.78, 5) is 11.6. The van der Waals surface area contributed by atoms with Gasteiger partial charge in [-0.05, 0) is 48.4 Å². The van der Waals surface area contributed by atoms with E-state index in [-0.39, 0.29) is 12.2 Å². The van der Waals surface area contributed by atoms with E-state index >= 15 is 0 Å². The van der Waals surface area contributed by atoms with Gasteiger partial charge in [0.05, 0.1) is 0 Å². The van der Waals surface area contributed by atoms with E-state index in [0.29, 0.717) is 17.2 Å². The van der Waals surface area contributed by atoms with Crippen molar-refractivity contribution in [2.45, 2.75) is 40.3 Å². The van der Waals surface area contributed by atoms with Gasteiger partial charge in [0.1, 0.15) is 17.9 Å². The highest BCUT2D eigenvalue weighted by Gasteiger charge is 2.12. The van der Waals surface area contributed by atoms with Crippen molar-refractivity contribution < 1.29 is 9.15 Å². The molecule has 0 aliphatic rings. The second-order valence-electron chi connectivity index (χ2n) is 5.42. The normalized spacial score (nSPS) is 11.1. The maximum absolute atomic E-state index is 11.6. The number of tetrazole rings is 1. The van der Waals surface area contributed by atoms with Crippen molar-refractivity contribution in [3.05, 3.63) is 45.6 Å². The monoisotopic (exact) mass is 314 g/mol. The van der Waals surface area contributed by atoms with E-state index in [4.69, 9.17) is 9.15 Å². The Balaban J connectivity index is 1.90. The van der Waals surface area contributed by atoms with Crippen molar-refractivity contribution in [1.82, 2.24) is 20.2 Å². The molecule has 0 bridgehead atoms. The average Bonchev–Trinajstić information content (AvgIpc) is 2.95. The van der Waals surface area contributed by atoms with E-state index < -0.39 is 0 Å². The minimum atomic E-state index is -0.359. The third kappa shape index (κ3) is 2.94. The number of hydrogen-bond acceptors (Lipinski definition) is 6. The molecule has 0 fully saturated rings. The fourth-order valence-electron chi connectivity index (χ4n) is 2.51. The summed E-state index contributed by atoms with van der Waals surface area (Å²) >= 11 is 0. The summed E-state index contributed by atoms with van der Waals surface area (Å²) in [5, 5.41) is 12.5. The van der Waals surface area contributed by atoms with Crippen LogP contribution in [-0.2, 0) is 13.2 Å². The number of nitrogens with zero attached hydrogens (tertiary/aromatic N) is 4. The summed E-state index contributed by atoms with van der Waals surface area (Å²) < 4.78 is 12.9. The van der Waals surface area contributed by atoms with E-state index in [2.05, 4.69) is 22.4 Å². The molecule has 7 nitrogen and oxygen atoms in total. The number of ether oxygens (including phenoxy) is 1. The third-order valence-corrected chi connectivity index (χ3v) is 3.72. The standard InChI is InChI=1S/C16H18N4O3/c1-4-7-20-14(17-18-19-20)9-22-13-6-5-12-10(2)8-15(21)23-16(12)11(13)3/h5-6,8H,4,7,9H2,1-3H3. The topological polar surface area (TPSA) is 83.0 Å². The van der Waals surface area contributed by atoms with Gasteiger partial charge < -0.3 is 9.15 Å². The molecule has 1 aromatic carbocycles. The zero-order valence-corrected chi connectivity index (χ0v) is 13.4. The van der Waals surface area contributed by atoms with Crippen LogP contribution in [-0.4, -0.2) is 20.2 Å². The van der Waals surface area contributed by atoms with Crippen molar-refractivity contribution in [1.29, 1.82) is 0 Å². The Kier molecular flexibility index (Phi) is 4.10. The molecule has 0 N–H and O–H groups in total. The van der Waals surface area contributed by atoms with Crippen LogP contribution >= 0.6 is 0 Å². The van der Waals surface area contributed by atoms with E-state index in [1.807, 2.05) is 26.0 Å². The fraction of sp³-hybridized carbons (Fsp3) is 0.375. The first-order valence-corrected chi connectivity index (χ1v) is 7.52. The summed E-state index contributed by atoms with van der Waals surface area (Å²) in [6.45, 7) is 6.82. The molecule has 7 heteroatoms. The Morgan fingerprint density at radius 1 is 1.30 bits per heavy atom. The number of fused-ring (bicyclic) bond motifs is 1. The van der Waals surface area contributed by atoms with Gasteiger partial charge in [-0.1, -0.05) is 6.92 Å². The maximum atomic E-state index is 11.6. The van der Waals surface area contributed by atoms with Crippen molar-refractivity contribution in [3.8, 4) is 5.75 Å². The highest BCUT2D eigenvalue weighted by atomic mass is 16.5. The lowest BCUT2D eigenvalue weighted by Crippen LogP contribution is -2.09. The van der Waals surface area contributed by atoms with Crippen molar-refractivity contribution in [3.63, 3.8) is 0 Å². The van der Waals surface area contributed by atoms with Gasteiger partial charge in [-0.2, -0.15) is 0 Å². The second-order valence-corrected chi connectivity index (χ2v) is 5.42. The van der Waals surface area contributed by atoms with Gasteiger partial charge >= 0.3 is 5.63 Å². The molecule has 0 unspecified atom stereocenters. The van der Waals surface area contributed by atoms with Crippen LogP contribution in [0, 0.1) is 13.8 Å². The van der Waals surface area contributed by atoms with E-state index in [1.165, 1.54) is 6.07 Å². The summed E-state index contributed by atoms with van der Waals surface area (Å²) in [6.07, 6.45) is 0.942. The first kappa shape index (κ1) is 15.2. The van der Waals surface area contributed by atoms with Gasteiger partial charge in [-0.15, -0.1) is 5.10 Å². The van der Waals surface area contributed by atoms with Gasteiger partial charge in [0.15, 0.2) is 5.82 Å². The maximum Gasteiger partial charge on any atom is 0.336 e. The number of hydrogen-bond donors (Lipinski definition) is 0. The number of aryl methyl sites for hydroxylation is 3. The van der Waals surface area contributed by atoms with Crippen LogP contribution < -0.4 is 10.4 Å². The molecule has 0 saturated heterocycles. The smallest absolute Gasteiger partial charge is 0.336 e. The van der Waals surface area contributed by atoms with Crippen molar-refractivity contribution in [2.24, 2.45) is 0 Å². The van der Waals surface area contributed by atoms with E-state index in [1.54, 1.807) is 4.68 Å². The second kappa shape index (κ2) is 6.20. The highest BCUT2D eigenvalue weighted by molar-refractivity contribution is 5.84. The average molecular weight is 314 g/mol. The summed E-state index contributed by atoms with van der Waals surface area (Å²) in [5.74, 6) is 1.31. The largest absolute Gasteiger partial charge is 0.485 e. The predicted molar refractivity (Wildman–Crippen MR) is 84.4 cm³/mol. The molecule has 3 rings (SSSR count). The molecule has 0 aliphatic carbocycles. The van der Waals surface area contributed by atoms with Crippen LogP contribution in [0.5, 0.6) is 5.75 Å². The molecule has 120 valence electrons. The lowest BCUT2D eigenvalue weighted by Gasteiger charge is -2.11. The molecule has 2 heterocycles. The fourth-order valence-corrected chi connectivity index (χ4v) is 2.51. The minimum absolute atomic E-state index is 0.259. The molecule has 0 atom stereocenters. The molecule has 0 amide bonds. The SMILES string of the molecule is CCCn1nnnc1COc1ccc2c(C)cc(=O)oc2c1C. The van der Waals surface area contributed by atoms with Gasteiger partial charge in [0.2, 0.25) is 0 Å². The van der Waals surface area contributed by atoms with Crippen molar-refractivity contribution in [2.75, 3.05) is 0 Å². The highest BCUT2D eigenvalue weighted by Crippen LogP contribution is 2.28. The molecular weight excluding hydrogens is 296 g/mol. The van der Waals surface area contributed by atoms with Gasteiger partial charge in [-0.3, -0.25) is 0 Å². The molecule has 3 aromatic rings. The summed E-state index contributed by atoms with van der Waals surface area (Å²) in [5.41, 5.74) is 1.87. The number of aromatic nitrogens is 4.